The smallest absolute Gasteiger partial charge is 0.320 e. The Labute approximate surface area is 125 Å². The Morgan fingerprint density at radius 1 is 1.32 bits per heavy atom. The molecule has 0 aliphatic carbocycles. The summed E-state index contributed by atoms with van der Waals surface area (Å²) in [4.78, 5) is 13.0. The second-order valence-corrected chi connectivity index (χ2v) is 5.29. The van der Waals surface area contributed by atoms with Crippen LogP contribution in [0.15, 0.2) is 30.5 Å². The van der Waals surface area contributed by atoms with Gasteiger partial charge in [0.15, 0.2) is 11.6 Å². The number of carbonyl (C=O) groups is 1. The summed E-state index contributed by atoms with van der Waals surface area (Å²) in [5.41, 5.74) is 0.348. The van der Waals surface area contributed by atoms with Crippen LogP contribution in [0.5, 0.6) is 0 Å². The van der Waals surface area contributed by atoms with Crippen molar-refractivity contribution in [3.63, 3.8) is 0 Å². The Balaban J connectivity index is 1.81. The molecule has 1 aromatic carbocycles. The Hall–Kier alpha value is -2.28. The molecule has 1 aliphatic heterocycles. The first-order valence-corrected chi connectivity index (χ1v) is 7.02. The number of halogens is 2. The average molecular weight is 307 g/mol. The van der Waals surface area contributed by atoms with E-state index >= 15 is 0 Å². The van der Waals surface area contributed by atoms with E-state index in [0.717, 1.165) is 11.1 Å². The highest BCUT2D eigenvalue weighted by Crippen LogP contribution is 2.21. The number of nitrogens with zero attached hydrogens (tertiary/aromatic N) is 3. The molecule has 0 saturated carbocycles. The number of para-hydroxylation sites is 1. The maximum absolute atomic E-state index is 13.7. The molecule has 0 spiro atoms. The van der Waals surface area contributed by atoms with Crippen molar-refractivity contribution >= 4 is 5.97 Å². The van der Waals surface area contributed by atoms with Crippen molar-refractivity contribution < 1.29 is 18.7 Å². The molecular weight excluding hydrogens is 292 g/mol. The van der Waals surface area contributed by atoms with E-state index in [1.165, 1.54) is 24.4 Å². The monoisotopic (exact) mass is 307 g/mol. The van der Waals surface area contributed by atoms with Gasteiger partial charge < -0.3 is 5.11 Å². The molecule has 0 radical (unpaired) electrons. The van der Waals surface area contributed by atoms with Gasteiger partial charge in [0, 0.05) is 12.7 Å². The number of likely N-dealkylation sites (tertiary alicyclic amines) is 1. The molecule has 3 rings (SSSR count). The second-order valence-electron chi connectivity index (χ2n) is 5.29. The number of rotatable bonds is 4. The first-order chi connectivity index (χ1) is 10.6. The molecule has 1 aliphatic rings. The normalized spacial score (nSPS) is 18.7. The lowest BCUT2D eigenvalue weighted by Crippen LogP contribution is -2.35. The highest BCUT2D eigenvalue weighted by molar-refractivity contribution is 5.73. The predicted octanol–water partition coefficient (Wildman–Crippen LogP) is 2.20. The number of hydrogen-bond acceptors (Lipinski definition) is 3. The van der Waals surface area contributed by atoms with Gasteiger partial charge in [-0.2, -0.15) is 5.10 Å². The van der Waals surface area contributed by atoms with Gasteiger partial charge in [-0.15, -0.1) is 0 Å². The Bertz CT molecular complexity index is 682. The van der Waals surface area contributed by atoms with Crippen LogP contribution in [0.25, 0.3) is 5.69 Å². The van der Waals surface area contributed by atoms with Gasteiger partial charge in [0.1, 0.15) is 11.7 Å². The topological polar surface area (TPSA) is 58.4 Å². The SMILES string of the molecule is O=C(O)C1CCCN1Cc1ccn(-c2c(F)cccc2F)n1. The lowest BCUT2D eigenvalue weighted by Gasteiger charge is -2.19. The fraction of sp³-hybridized carbons (Fsp3) is 0.333. The van der Waals surface area contributed by atoms with Gasteiger partial charge in [0.25, 0.3) is 0 Å². The molecule has 116 valence electrons. The number of aliphatic carboxylic acids is 1. The molecule has 1 saturated heterocycles. The molecule has 2 heterocycles. The lowest BCUT2D eigenvalue weighted by molar-refractivity contribution is -0.142. The summed E-state index contributed by atoms with van der Waals surface area (Å²) in [6, 6.07) is 4.75. The third kappa shape index (κ3) is 2.71. The van der Waals surface area contributed by atoms with Crippen LogP contribution in [-0.2, 0) is 11.3 Å². The van der Waals surface area contributed by atoms with E-state index in [9.17, 15) is 13.6 Å². The van der Waals surface area contributed by atoms with Crippen LogP contribution in [-0.4, -0.2) is 38.3 Å². The quantitative estimate of drug-likeness (QED) is 0.941. The minimum Gasteiger partial charge on any atom is -0.480 e. The molecule has 2 aromatic rings. The van der Waals surface area contributed by atoms with Crippen LogP contribution in [0.3, 0.4) is 0 Å². The summed E-state index contributed by atoms with van der Waals surface area (Å²) < 4.78 is 28.6. The van der Waals surface area contributed by atoms with Gasteiger partial charge in [0.05, 0.1) is 5.69 Å². The molecular formula is C15H15F2N3O2. The molecule has 1 fully saturated rings. The minimum absolute atomic E-state index is 0.232. The molecule has 0 amide bonds. The molecule has 22 heavy (non-hydrogen) atoms. The Morgan fingerprint density at radius 3 is 2.73 bits per heavy atom. The van der Waals surface area contributed by atoms with Crippen LogP contribution >= 0.6 is 0 Å². The van der Waals surface area contributed by atoms with E-state index in [1.54, 1.807) is 6.07 Å². The highest BCUT2D eigenvalue weighted by atomic mass is 19.1. The zero-order chi connectivity index (χ0) is 15.7. The van der Waals surface area contributed by atoms with Crippen molar-refractivity contribution in [3.05, 3.63) is 47.8 Å². The van der Waals surface area contributed by atoms with Gasteiger partial charge in [-0.3, -0.25) is 9.69 Å². The van der Waals surface area contributed by atoms with E-state index in [0.29, 0.717) is 25.2 Å². The van der Waals surface area contributed by atoms with Gasteiger partial charge in [-0.25, -0.2) is 13.5 Å². The Morgan fingerprint density at radius 2 is 2.05 bits per heavy atom. The molecule has 1 unspecified atom stereocenters. The predicted molar refractivity (Wildman–Crippen MR) is 74.5 cm³/mol. The number of carboxylic acids is 1. The molecule has 1 atom stereocenters. The van der Waals surface area contributed by atoms with Crippen molar-refractivity contribution in [1.29, 1.82) is 0 Å². The van der Waals surface area contributed by atoms with Crippen LogP contribution < -0.4 is 0 Å². The molecule has 1 aromatic heterocycles. The lowest BCUT2D eigenvalue weighted by atomic mass is 10.2. The summed E-state index contributed by atoms with van der Waals surface area (Å²) in [5.74, 6) is -2.24. The van der Waals surface area contributed by atoms with Crippen LogP contribution in [0.2, 0.25) is 0 Å². The highest BCUT2D eigenvalue weighted by Gasteiger charge is 2.30. The van der Waals surface area contributed by atoms with Gasteiger partial charge >= 0.3 is 5.97 Å². The minimum atomic E-state index is -0.850. The summed E-state index contributed by atoms with van der Waals surface area (Å²) in [6.07, 6.45) is 2.90. The maximum Gasteiger partial charge on any atom is 0.320 e. The fourth-order valence-electron chi connectivity index (χ4n) is 2.78. The Kier molecular flexibility index (Phi) is 3.89. The van der Waals surface area contributed by atoms with E-state index < -0.39 is 23.6 Å². The summed E-state index contributed by atoms with van der Waals surface area (Å²) in [6.45, 7) is 1.03. The zero-order valence-electron chi connectivity index (χ0n) is 11.7. The fourth-order valence-corrected chi connectivity index (χ4v) is 2.78. The van der Waals surface area contributed by atoms with Crippen LogP contribution in [0.1, 0.15) is 18.5 Å². The van der Waals surface area contributed by atoms with Gasteiger partial charge in [0.2, 0.25) is 0 Å². The summed E-state index contributed by atoms with van der Waals surface area (Å²) in [5, 5.41) is 13.3. The van der Waals surface area contributed by atoms with Crippen molar-refractivity contribution in [2.24, 2.45) is 0 Å². The third-order valence-corrected chi connectivity index (χ3v) is 3.82. The summed E-state index contributed by atoms with van der Waals surface area (Å²) >= 11 is 0. The first kappa shape index (κ1) is 14.6. The van der Waals surface area contributed by atoms with Crippen LogP contribution in [0.4, 0.5) is 8.78 Å². The zero-order valence-corrected chi connectivity index (χ0v) is 11.7. The molecule has 1 N–H and O–H groups in total. The molecule has 7 heteroatoms. The van der Waals surface area contributed by atoms with E-state index in [4.69, 9.17) is 5.11 Å². The van der Waals surface area contributed by atoms with Crippen molar-refractivity contribution in [1.82, 2.24) is 14.7 Å². The van der Waals surface area contributed by atoms with E-state index in [1.807, 2.05) is 4.90 Å². The first-order valence-electron chi connectivity index (χ1n) is 7.02. The standard InChI is InChI=1S/C15H15F2N3O2/c16-11-3-1-4-12(17)14(11)20-8-6-10(18-20)9-19-7-2-5-13(19)15(21)22/h1,3-4,6,8,13H,2,5,7,9H2,(H,21,22). The molecule has 0 bridgehead atoms. The number of hydrogen-bond donors (Lipinski definition) is 1. The van der Waals surface area contributed by atoms with Gasteiger partial charge in [-0.05, 0) is 37.6 Å². The van der Waals surface area contributed by atoms with Gasteiger partial charge in [-0.1, -0.05) is 6.07 Å². The maximum atomic E-state index is 13.7. The number of benzene rings is 1. The van der Waals surface area contributed by atoms with E-state index in [2.05, 4.69) is 5.10 Å². The summed E-state index contributed by atoms with van der Waals surface area (Å²) in [7, 11) is 0. The third-order valence-electron chi connectivity index (χ3n) is 3.82. The largest absolute Gasteiger partial charge is 0.480 e. The van der Waals surface area contributed by atoms with Crippen molar-refractivity contribution in [3.8, 4) is 5.69 Å². The number of carboxylic acid groups (broad SMARTS) is 1. The van der Waals surface area contributed by atoms with Crippen molar-refractivity contribution in [2.45, 2.75) is 25.4 Å². The average Bonchev–Trinajstić information content (AvgIpc) is 3.09. The second kappa shape index (κ2) is 5.84. The van der Waals surface area contributed by atoms with Crippen molar-refractivity contribution in [2.75, 3.05) is 6.54 Å². The molecule has 5 nitrogen and oxygen atoms in total. The van der Waals surface area contributed by atoms with Crippen LogP contribution in [0, 0.1) is 11.6 Å². The van der Waals surface area contributed by atoms with E-state index in [-0.39, 0.29) is 5.69 Å². The number of aromatic nitrogens is 2.